The first-order valence-corrected chi connectivity index (χ1v) is 7.96. The summed E-state index contributed by atoms with van der Waals surface area (Å²) in [6.07, 6.45) is 4.52. The van der Waals surface area contributed by atoms with Crippen LogP contribution in [0.25, 0.3) is 0 Å². The van der Waals surface area contributed by atoms with E-state index in [1.165, 1.54) is 19.3 Å². The molecular weight excluding hydrogens is 232 g/mol. The third-order valence-electron chi connectivity index (χ3n) is 4.42. The Hall–Kier alpha value is -0.0400. The van der Waals surface area contributed by atoms with Gasteiger partial charge in [0.1, 0.15) is 0 Å². The molecule has 1 heterocycles. The van der Waals surface area contributed by atoms with E-state index in [9.17, 15) is 0 Å². The van der Waals surface area contributed by atoms with Gasteiger partial charge in [0.2, 0.25) is 0 Å². The van der Waals surface area contributed by atoms with Crippen LogP contribution >= 0.6 is 0 Å². The van der Waals surface area contributed by atoms with E-state index in [2.05, 4.69) is 62.3 Å². The Balaban J connectivity index is 2.87. The molecule has 19 heavy (non-hydrogen) atoms. The fourth-order valence-electron chi connectivity index (χ4n) is 3.31. The second kappa shape index (κ2) is 5.39. The standard InChI is InChI=1S/C18H36O/c1-16(2,3)12-14-13(17(4,5)6)10-11-15(19-14)18(7,8)9/h13-15H,10-12H2,1-9H3/t13-,14-,15?/m1/s1. The molecule has 1 fully saturated rings. The van der Waals surface area contributed by atoms with Gasteiger partial charge in [-0.3, -0.25) is 0 Å². The third-order valence-corrected chi connectivity index (χ3v) is 4.42. The Morgan fingerprint density at radius 2 is 1.32 bits per heavy atom. The minimum atomic E-state index is 0.263. The average Bonchev–Trinajstić information content (AvgIpc) is 2.11. The Morgan fingerprint density at radius 1 is 0.789 bits per heavy atom. The van der Waals surface area contributed by atoms with E-state index in [0.717, 1.165) is 0 Å². The van der Waals surface area contributed by atoms with Crippen molar-refractivity contribution >= 4 is 0 Å². The molecule has 1 aliphatic rings. The fourth-order valence-corrected chi connectivity index (χ4v) is 3.31. The maximum atomic E-state index is 6.57. The summed E-state index contributed by atoms with van der Waals surface area (Å²) in [7, 11) is 0. The zero-order valence-electron chi connectivity index (χ0n) is 14.8. The van der Waals surface area contributed by atoms with Crippen LogP contribution in [0.4, 0.5) is 0 Å². The zero-order valence-corrected chi connectivity index (χ0v) is 14.8. The molecule has 0 bridgehead atoms. The maximum absolute atomic E-state index is 6.57. The van der Waals surface area contributed by atoms with Gasteiger partial charge in [-0.2, -0.15) is 0 Å². The molecule has 0 spiro atoms. The van der Waals surface area contributed by atoms with Crippen LogP contribution in [0, 0.1) is 22.2 Å². The molecular formula is C18H36O. The van der Waals surface area contributed by atoms with Gasteiger partial charge < -0.3 is 4.74 Å². The van der Waals surface area contributed by atoms with Crippen molar-refractivity contribution in [1.82, 2.24) is 0 Å². The second-order valence-corrected chi connectivity index (χ2v) is 9.84. The van der Waals surface area contributed by atoms with Crippen molar-refractivity contribution in [3.05, 3.63) is 0 Å². The van der Waals surface area contributed by atoms with E-state index in [1.807, 2.05) is 0 Å². The van der Waals surface area contributed by atoms with Crippen LogP contribution in [0.15, 0.2) is 0 Å². The van der Waals surface area contributed by atoms with Crippen LogP contribution < -0.4 is 0 Å². The molecule has 1 unspecified atom stereocenters. The number of hydrogen-bond acceptors (Lipinski definition) is 1. The van der Waals surface area contributed by atoms with Crippen LogP contribution in [0.1, 0.15) is 81.6 Å². The molecule has 0 aliphatic carbocycles. The summed E-state index contributed by atoms with van der Waals surface area (Å²) in [4.78, 5) is 0. The number of hydrogen-bond donors (Lipinski definition) is 0. The molecule has 0 aromatic carbocycles. The van der Waals surface area contributed by atoms with Crippen LogP contribution in [0.2, 0.25) is 0 Å². The van der Waals surface area contributed by atoms with Crippen molar-refractivity contribution in [3.8, 4) is 0 Å². The highest BCUT2D eigenvalue weighted by atomic mass is 16.5. The van der Waals surface area contributed by atoms with E-state index < -0.39 is 0 Å². The van der Waals surface area contributed by atoms with Gasteiger partial charge in [-0.1, -0.05) is 62.3 Å². The van der Waals surface area contributed by atoms with Crippen molar-refractivity contribution in [3.63, 3.8) is 0 Å². The SMILES string of the molecule is CC(C)(C)C[C@H]1OC(C(C)(C)C)CC[C@H]1C(C)(C)C. The quantitative estimate of drug-likeness (QED) is 0.594. The first-order chi connectivity index (χ1) is 8.31. The molecule has 114 valence electrons. The van der Waals surface area contributed by atoms with E-state index in [4.69, 9.17) is 4.74 Å². The molecule has 0 radical (unpaired) electrons. The number of ether oxygens (including phenoxy) is 1. The lowest BCUT2D eigenvalue weighted by molar-refractivity contribution is -0.155. The van der Waals surface area contributed by atoms with Crippen molar-refractivity contribution in [2.24, 2.45) is 22.2 Å². The predicted octanol–water partition coefficient (Wildman–Crippen LogP) is 5.68. The van der Waals surface area contributed by atoms with Crippen LogP contribution in [-0.2, 0) is 4.74 Å². The van der Waals surface area contributed by atoms with Crippen LogP contribution in [0.5, 0.6) is 0 Å². The fraction of sp³-hybridized carbons (Fsp3) is 1.00. The van der Waals surface area contributed by atoms with Crippen molar-refractivity contribution in [2.75, 3.05) is 0 Å². The third kappa shape index (κ3) is 5.10. The van der Waals surface area contributed by atoms with E-state index in [0.29, 0.717) is 29.0 Å². The highest BCUT2D eigenvalue weighted by Gasteiger charge is 2.42. The first-order valence-electron chi connectivity index (χ1n) is 7.96. The van der Waals surface area contributed by atoms with Crippen LogP contribution in [0.3, 0.4) is 0 Å². The smallest absolute Gasteiger partial charge is 0.0627 e. The molecule has 0 saturated carbocycles. The average molecular weight is 268 g/mol. The van der Waals surface area contributed by atoms with Gasteiger partial charge >= 0.3 is 0 Å². The second-order valence-electron chi connectivity index (χ2n) is 9.84. The van der Waals surface area contributed by atoms with Gasteiger partial charge in [0.25, 0.3) is 0 Å². The van der Waals surface area contributed by atoms with Gasteiger partial charge in [-0.05, 0) is 41.4 Å². The molecule has 1 nitrogen and oxygen atoms in total. The lowest BCUT2D eigenvalue weighted by atomic mass is 9.68. The maximum Gasteiger partial charge on any atom is 0.0627 e. The normalized spacial score (nSPS) is 30.5. The van der Waals surface area contributed by atoms with Gasteiger partial charge in [-0.25, -0.2) is 0 Å². The summed E-state index contributed by atoms with van der Waals surface area (Å²) in [5.41, 5.74) is 0.950. The molecule has 3 atom stereocenters. The van der Waals surface area contributed by atoms with Crippen molar-refractivity contribution in [1.29, 1.82) is 0 Å². The summed E-state index contributed by atoms with van der Waals surface area (Å²) in [5.74, 6) is 0.685. The minimum absolute atomic E-state index is 0.263. The van der Waals surface area contributed by atoms with Gasteiger partial charge in [0.15, 0.2) is 0 Å². The Bertz CT molecular complexity index is 284. The van der Waals surface area contributed by atoms with Crippen LogP contribution in [-0.4, -0.2) is 12.2 Å². The number of rotatable bonds is 1. The minimum Gasteiger partial charge on any atom is -0.374 e. The summed E-state index contributed by atoms with van der Waals surface area (Å²) in [6.45, 7) is 21.0. The topological polar surface area (TPSA) is 9.23 Å². The molecule has 1 saturated heterocycles. The summed E-state index contributed by atoms with van der Waals surface area (Å²) >= 11 is 0. The first kappa shape index (κ1) is 17.0. The largest absolute Gasteiger partial charge is 0.374 e. The predicted molar refractivity (Wildman–Crippen MR) is 84.4 cm³/mol. The van der Waals surface area contributed by atoms with E-state index >= 15 is 0 Å². The highest BCUT2D eigenvalue weighted by molar-refractivity contribution is 4.91. The van der Waals surface area contributed by atoms with Gasteiger partial charge in [0, 0.05) is 0 Å². The molecule has 0 aromatic rings. The lowest BCUT2D eigenvalue weighted by Crippen LogP contribution is -2.46. The Labute approximate surface area is 121 Å². The van der Waals surface area contributed by atoms with Crippen molar-refractivity contribution in [2.45, 2.75) is 93.8 Å². The molecule has 1 rings (SSSR count). The Kier molecular flexibility index (Phi) is 4.83. The molecule has 0 N–H and O–H groups in total. The van der Waals surface area contributed by atoms with Gasteiger partial charge in [0.05, 0.1) is 12.2 Å². The van der Waals surface area contributed by atoms with Crippen molar-refractivity contribution < 1.29 is 4.74 Å². The van der Waals surface area contributed by atoms with E-state index in [1.54, 1.807) is 0 Å². The summed E-state index contributed by atoms with van der Waals surface area (Å²) < 4.78 is 6.57. The molecule has 1 heteroatoms. The molecule has 0 aromatic heterocycles. The summed E-state index contributed by atoms with van der Waals surface area (Å²) in [6, 6.07) is 0. The monoisotopic (exact) mass is 268 g/mol. The lowest BCUT2D eigenvalue weighted by Gasteiger charge is -2.48. The summed E-state index contributed by atoms with van der Waals surface area (Å²) in [5, 5.41) is 0. The molecule has 0 amide bonds. The zero-order chi connectivity index (χ0) is 15.1. The van der Waals surface area contributed by atoms with Gasteiger partial charge in [-0.15, -0.1) is 0 Å². The molecule has 1 aliphatic heterocycles. The Morgan fingerprint density at radius 3 is 1.68 bits per heavy atom. The highest BCUT2D eigenvalue weighted by Crippen LogP contribution is 2.45. The van der Waals surface area contributed by atoms with E-state index in [-0.39, 0.29) is 5.41 Å².